The Hall–Kier alpha value is -1.55. The highest BCUT2D eigenvalue weighted by atomic mass is 16.6. The Kier molecular flexibility index (Phi) is 3.28. The lowest BCUT2D eigenvalue weighted by molar-refractivity contribution is -0.132. The Balaban J connectivity index is 2.37. The minimum atomic E-state index is -0.213. The predicted octanol–water partition coefficient (Wildman–Crippen LogP) is 0.837. The van der Waals surface area contributed by atoms with Crippen LogP contribution in [0.1, 0.15) is 12.5 Å². The number of benzene rings is 1. The first-order valence-corrected chi connectivity index (χ1v) is 3.91. The zero-order valence-electron chi connectivity index (χ0n) is 7.41. The summed E-state index contributed by atoms with van der Waals surface area (Å²) in [6.45, 7) is 1.74. The van der Waals surface area contributed by atoms with Crippen molar-refractivity contribution in [1.82, 2.24) is 5.48 Å². The Morgan fingerprint density at radius 2 is 2.08 bits per heavy atom. The summed E-state index contributed by atoms with van der Waals surface area (Å²) in [5.74, 6) is -0.213. The highest BCUT2D eigenvalue weighted by molar-refractivity contribution is 5.71. The van der Waals surface area contributed by atoms with Crippen molar-refractivity contribution in [2.45, 2.75) is 13.5 Å². The molecule has 4 heteroatoms. The summed E-state index contributed by atoms with van der Waals surface area (Å²) in [6.07, 6.45) is 0. The van der Waals surface area contributed by atoms with Gasteiger partial charge in [-0.15, -0.1) is 0 Å². The molecule has 0 aliphatic rings. The lowest BCUT2D eigenvalue weighted by Gasteiger charge is -2.03. The van der Waals surface area contributed by atoms with Gasteiger partial charge in [0.2, 0.25) is 5.91 Å². The standard InChI is InChI=1S/C9H12N2O2/c1-7(12)11-13-6-8-2-4-9(10)5-3-8/h2-5H,6,10H2,1H3,(H,11,12). The van der Waals surface area contributed by atoms with Crippen LogP contribution in [0.3, 0.4) is 0 Å². The SMILES string of the molecule is CC(=O)NOCc1ccc(N)cc1. The highest BCUT2D eigenvalue weighted by Gasteiger charge is 1.93. The molecule has 0 atom stereocenters. The molecule has 70 valence electrons. The summed E-state index contributed by atoms with van der Waals surface area (Å²) in [5, 5.41) is 0. The van der Waals surface area contributed by atoms with E-state index in [0.717, 1.165) is 5.56 Å². The van der Waals surface area contributed by atoms with E-state index in [1.54, 1.807) is 12.1 Å². The van der Waals surface area contributed by atoms with Crippen LogP contribution in [-0.2, 0) is 16.2 Å². The fourth-order valence-corrected chi connectivity index (χ4v) is 0.835. The van der Waals surface area contributed by atoms with Crippen molar-refractivity contribution < 1.29 is 9.63 Å². The van der Waals surface area contributed by atoms with E-state index in [4.69, 9.17) is 10.6 Å². The normalized spacial score (nSPS) is 9.62. The summed E-state index contributed by atoms with van der Waals surface area (Å²) in [7, 11) is 0. The molecule has 0 fully saturated rings. The van der Waals surface area contributed by atoms with Gasteiger partial charge >= 0.3 is 0 Å². The molecule has 0 spiro atoms. The number of nitrogens with two attached hydrogens (primary N) is 1. The van der Waals surface area contributed by atoms with Crippen LogP contribution in [0.15, 0.2) is 24.3 Å². The van der Waals surface area contributed by atoms with E-state index in [1.165, 1.54) is 6.92 Å². The maximum Gasteiger partial charge on any atom is 0.240 e. The third-order valence-electron chi connectivity index (χ3n) is 1.43. The van der Waals surface area contributed by atoms with Gasteiger partial charge in [-0.2, -0.15) is 0 Å². The summed E-state index contributed by atoms with van der Waals surface area (Å²) >= 11 is 0. The molecule has 13 heavy (non-hydrogen) atoms. The van der Waals surface area contributed by atoms with E-state index in [-0.39, 0.29) is 5.91 Å². The second-order valence-electron chi connectivity index (χ2n) is 2.69. The minimum Gasteiger partial charge on any atom is -0.399 e. The first kappa shape index (κ1) is 9.54. The lowest BCUT2D eigenvalue weighted by Crippen LogP contribution is -2.19. The number of rotatable bonds is 3. The third kappa shape index (κ3) is 3.57. The lowest BCUT2D eigenvalue weighted by atomic mass is 10.2. The molecule has 0 bridgehead atoms. The summed E-state index contributed by atoms with van der Waals surface area (Å²) in [4.78, 5) is 15.3. The molecule has 1 amide bonds. The maximum absolute atomic E-state index is 10.4. The van der Waals surface area contributed by atoms with Crippen LogP contribution in [0.4, 0.5) is 5.69 Å². The smallest absolute Gasteiger partial charge is 0.240 e. The number of carbonyl (C=O) groups excluding carboxylic acids is 1. The van der Waals surface area contributed by atoms with Gasteiger partial charge in [-0.05, 0) is 17.7 Å². The number of hydrogen-bond acceptors (Lipinski definition) is 3. The van der Waals surface area contributed by atoms with Crippen molar-refractivity contribution in [3.05, 3.63) is 29.8 Å². The summed E-state index contributed by atoms with van der Waals surface area (Å²) in [6, 6.07) is 7.26. The zero-order valence-corrected chi connectivity index (χ0v) is 7.41. The van der Waals surface area contributed by atoms with E-state index in [1.807, 2.05) is 12.1 Å². The van der Waals surface area contributed by atoms with Crippen LogP contribution in [0, 0.1) is 0 Å². The second-order valence-corrected chi connectivity index (χ2v) is 2.69. The van der Waals surface area contributed by atoms with E-state index in [9.17, 15) is 4.79 Å². The van der Waals surface area contributed by atoms with Crippen molar-refractivity contribution in [1.29, 1.82) is 0 Å². The van der Waals surface area contributed by atoms with Crippen molar-refractivity contribution in [3.8, 4) is 0 Å². The fourth-order valence-electron chi connectivity index (χ4n) is 0.835. The largest absolute Gasteiger partial charge is 0.399 e. The molecule has 0 unspecified atom stereocenters. The number of nitrogens with one attached hydrogen (secondary N) is 1. The molecule has 0 aliphatic heterocycles. The Morgan fingerprint density at radius 3 is 2.62 bits per heavy atom. The fraction of sp³-hybridized carbons (Fsp3) is 0.222. The van der Waals surface area contributed by atoms with E-state index in [0.29, 0.717) is 12.3 Å². The van der Waals surface area contributed by atoms with Gasteiger partial charge in [-0.1, -0.05) is 12.1 Å². The molecule has 1 aromatic carbocycles. The van der Waals surface area contributed by atoms with Gasteiger partial charge in [0.05, 0.1) is 6.61 Å². The van der Waals surface area contributed by atoms with Gasteiger partial charge in [-0.3, -0.25) is 9.63 Å². The molecule has 4 nitrogen and oxygen atoms in total. The van der Waals surface area contributed by atoms with E-state index >= 15 is 0 Å². The Labute approximate surface area is 76.6 Å². The minimum absolute atomic E-state index is 0.213. The van der Waals surface area contributed by atoms with Crippen LogP contribution >= 0.6 is 0 Å². The van der Waals surface area contributed by atoms with Crippen molar-refractivity contribution in [2.24, 2.45) is 0 Å². The number of hydroxylamine groups is 1. The number of anilines is 1. The monoisotopic (exact) mass is 180 g/mol. The molecule has 0 saturated carbocycles. The summed E-state index contributed by atoms with van der Waals surface area (Å²) in [5.41, 5.74) is 9.40. The van der Waals surface area contributed by atoms with E-state index in [2.05, 4.69) is 5.48 Å². The highest BCUT2D eigenvalue weighted by Crippen LogP contribution is 2.05. The van der Waals surface area contributed by atoms with Gasteiger partial charge in [0.15, 0.2) is 0 Å². The number of amides is 1. The number of carbonyl (C=O) groups is 1. The molecule has 0 heterocycles. The van der Waals surface area contributed by atoms with Crippen molar-refractivity contribution >= 4 is 11.6 Å². The van der Waals surface area contributed by atoms with E-state index < -0.39 is 0 Å². The van der Waals surface area contributed by atoms with Crippen LogP contribution in [0.25, 0.3) is 0 Å². The summed E-state index contributed by atoms with van der Waals surface area (Å²) < 4.78 is 0. The van der Waals surface area contributed by atoms with Crippen LogP contribution in [-0.4, -0.2) is 5.91 Å². The number of nitrogen functional groups attached to an aromatic ring is 1. The molecule has 1 rings (SSSR count). The average Bonchev–Trinajstić information content (AvgIpc) is 2.08. The molecule has 0 saturated heterocycles. The van der Waals surface area contributed by atoms with Crippen LogP contribution < -0.4 is 11.2 Å². The first-order chi connectivity index (χ1) is 6.18. The van der Waals surface area contributed by atoms with Gasteiger partial charge in [0.25, 0.3) is 0 Å². The second kappa shape index (κ2) is 4.47. The molecular formula is C9H12N2O2. The third-order valence-corrected chi connectivity index (χ3v) is 1.43. The van der Waals surface area contributed by atoms with Crippen molar-refractivity contribution in [3.63, 3.8) is 0 Å². The molecule has 3 N–H and O–H groups in total. The van der Waals surface area contributed by atoms with Crippen molar-refractivity contribution in [2.75, 3.05) is 5.73 Å². The Bertz CT molecular complexity index is 282. The van der Waals surface area contributed by atoms with Crippen LogP contribution in [0.2, 0.25) is 0 Å². The number of hydrogen-bond donors (Lipinski definition) is 2. The first-order valence-electron chi connectivity index (χ1n) is 3.91. The topological polar surface area (TPSA) is 64.3 Å². The average molecular weight is 180 g/mol. The van der Waals surface area contributed by atoms with Gasteiger partial charge in [0, 0.05) is 12.6 Å². The quantitative estimate of drug-likeness (QED) is 0.535. The maximum atomic E-state index is 10.4. The van der Waals surface area contributed by atoms with Gasteiger partial charge in [-0.25, -0.2) is 5.48 Å². The van der Waals surface area contributed by atoms with Crippen LogP contribution in [0.5, 0.6) is 0 Å². The zero-order chi connectivity index (χ0) is 9.68. The molecule has 1 aromatic rings. The Morgan fingerprint density at radius 1 is 1.46 bits per heavy atom. The molecule has 0 aliphatic carbocycles. The molecular weight excluding hydrogens is 168 g/mol. The predicted molar refractivity (Wildman–Crippen MR) is 49.5 cm³/mol. The van der Waals surface area contributed by atoms with Gasteiger partial charge < -0.3 is 5.73 Å². The molecule has 0 radical (unpaired) electrons. The molecule has 0 aromatic heterocycles. The van der Waals surface area contributed by atoms with Gasteiger partial charge in [0.1, 0.15) is 0 Å².